The van der Waals surface area contributed by atoms with Gasteiger partial charge in [-0.1, -0.05) is 40.9 Å². The molecule has 0 N–H and O–H groups in total. The maximum atomic E-state index is 6.21. The predicted octanol–water partition coefficient (Wildman–Crippen LogP) is 4.92. The summed E-state index contributed by atoms with van der Waals surface area (Å²) in [5.41, 5.74) is 0.412. The van der Waals surface area contributed by atoms with E-state index in [2.05, 4.69) is 31.9 Å². The standard InChI is InChI=1S/C14H16Br2O/c15-10-5-1-2-6-11(10)17-13-9-12(16)14(13)7-3-4-8-14/h1-2,5-6,12-13H,3-4,7-9H2. The van der Waals surface area contributed by atoms with E-state index in [9.17, 15) is 0 Å². The molecule has 3 rings (SSSR count). The van der Waals surface area contributed by atoms with Crippen LogP contribution in [0.25, 0.3) is 0 Å². The summed E-state index contributed by atoms with van der Waals surface area (Å²) in [7, 11) is 0. The zero-order chi connectivity index (χ0) is 11.9. The fourth-order valence-corrected chi connectivity index (χ4v) is 4.70. The van der Waals surface area contributed by atoms with Crippen LogP contribution in [-0.2, 0) is 0 Å². The lowest BCUT2D eigenvalue weighted by atomic mass is 9.64. The molecule has 92 valence electrons. The smallest absolute Gasteiger partial charge is 0.133 e. The highest BCUT2D eigenvalue weighted by Gasteiger charge is 2.56. The van der Waals surface area contributed by atoms with Gasteiger partial charge in [-0.2, -0.15) is 0 Å². The first kappa shape index (κ1) is 12.0. The van der Waals surface area contributed by atoms with Crippen molar-refractivity contribution in [2.24, 2.45) is 5.41 Å². The van der Waals surface area contributed by atoms with Gasteiger partial charge in [0.25, 0.3) is 0 Å². The minimum absolute atomic E-state index is 0.396. The summed E-state index contributed by atoms with van der Waals surface area (Å²) < 4.78 is 7.27. The monoisotopic (exact) mass is 358 g/mol. The highest BCUT2D eigenvalue weighted by molar-refractivity contribution is 9.10. The SMILES string of the molecule is Brc1ccccc1OC1CC(Br)C12CCCC2. The maximum Gasteiger partial charge on any atom is 0.133 e. The van der Waals surface area contributed by atoms with E-state index < -0.39 is 0 Å². The molecular formula is C14H16Br2O. The molecule has 2 aliphatic rings. The van der Waals surface area contributed by atoms with Crippen LogP contribution in [-0.4, -0.2) is 10.9 Å². The molecule has 0 aliphatic heterocycles. The highest BCUT2D eigenvalue weighted by Crippen LogP contribution is 2.57. The molecule has 0 bridgehead atoms. The summed E-state index contributed by atoms with van der Waals surface area (Å²) in [6.45, 7) is 0. The summed E-state index contributed by atoms with van der Waals surface area (Å²) in [5, 5.41) is 0. The van der Waals surface area contributed by atoms with Gasteiger partial charge < -0.3 is 4.74 Å². The summed E-state index contributed by atoms with van der Waals surface area (Å²) >= 11 is 7.38. The number of para-hydroxylation sites is 1. The number of halogens is 2. The molecule has 17 heavy (non-hydrogen) atoms. The van der Waals surface area contributed by atoms with E-state index in [0.717, 1.165) is 16.6 Å². The molecule has 2 atom stereocenters. The first-order chi connectivity index (χ1) is 8.22. The third kappa shape index (κ3) is 1.95. The Bertz CT molecular complexity index is 412. The van der Waals surface area contributed by atoms with Crippen molar-refractivity contribution >= 4 is 31.9 Å². The third-order valence-electron chi connectivity index (χ3n) is 4.33. The molecule has 2 aliphatic carbocycles. The second kappa shape index (κ2) is 4.58. The fraction of sp³-hybridized carbons (Fsp3) is 0.571. The lowest BCUT2D eigenvalue weighted by Gasteiger charge is -2.51. The van der Waals surface area contributed by atoms with Crippen LogP contribution >= 0.6 is 31.9 Å². The normalized spacial score (nSPS) is 30.2. The number of hydrogen-bond acceptors (Lipinski definition) is 1. The van der Waals surface area contributed by atoms with E-state index in [1.54, 1.807) is 0 Å². The number of hydrogen-bond donors (Lipinski definition) is 0. The molecule has 2 unspecified atom stereocenters. The Kier molecular flexibility index (Phi) is 3.24. The number of ether oxygens (including phenoxy) is 1. The largest absolute Gasteiger partial charge is 0.489 e. The van der Waals surface area contributed by atoms with Crippen molar-refractivity contribution in [1.29, 1.82) is 0 Å². The van der Waals surface area contributed by atoms with Crippen LogP contribution in [0.15, 0.2) is 28.7 Å². The zero-order valence-electron chi connectivity index (χ0n) is 9.66. The Hall–Kier alpha value is -0.0200. The minimum Gasteiger partial charge on any atom is -0.489 e. The van der Waals surface area contributed by atoms with E-state index in [0.29, 0.717) is 16.3 Å². The molecule has 0 aromatic heterocycles. The topological polar surface area (TPSA) is 9.23 Å². The van der Waals surface area contributed by atoms with Crippen molar-refractivity contribution < 1.29 is 4.74 Å². The van der Waals surface area contributed by atoms with E-state index in [1.165, 1.54) is 25.7 Å². The Morgan fingerprint density at radius 3 is 2.53 bits per heavy atom. The van der Waals surface area contributed by atoms with Gasteiger partial charge in [-0.05, 0) is 47.3 Å². The number of benzene rings is 1. The molecule has 1 nitrogen and oxygen atoms in total. The zero-order valence-corrected chi connectivity index (χ0v) is 12.8. The average molecular weight is 360 g/mol. The van der Waals surface area contributed by atoms with Gasteiger partial charge in [0.15, 0.2) is 0 Å². The lowest BCUT2D eigenvalue weighted by Crippen LogP contribution is -2.55. The molecule has 0 amide bonds. The van der Waals surface area contributed by atoms with Crippen molar-refractivity contribution in [3.63, 3.8) is 0 Å². The van der Waals surface area contributed by atoms with Gasteiger partial charge in [0.1, 0.15) is 11.9 Å². The van der Waals surface area contributed by atoms with E-state index >= 15 is 0 Å². The molecule has 1 spiro atoms. The van der Waals surface area contributed by atoms with E-state index in [4.69, 9.17) is 4.74 Å². The molecule has 1 aromatic carbocycles. The Morgan fingerprint density at radius 2 is 1.88 bits per heavy atom. The number of rotatable bonds is 2. The van der Waals surface area contributed by atoms with Crippen LogP contribution < -0.4 is 4.74 Å². The lowest BCUT2D eigenvalue weighted by molar-refractivity contribution is -0.0308. The maximum absolute atomic E-state index is 6.21. The van der Waals surface area contributed by atoms with Crippen molar-refractivity contribution in [2.75, 3.05) is 0 Å². The minimum atomic E-state index is 0.396. The van der Waals surface area contributed by atoms with Crippen LogP contribution in [0.5, 0.6) is 5.75 Å². The summed E-state index contributed by atoms with van der Waals surface area (Å²) in [4.78, 5) is 0.657. The van der Waals surface area contributed by atoms with Crippen LogP contribution in [0.2, 0.25) is 0 Å². The molecular weight excluding hydrogens is 344 g/mol. The van der Waals surface area contributed by atoms with Crippen molar-refractivity contribution in [3.8, 4) is 5.75 Å². The first-order valence-electron chi connectivity index (χ1n) is 6.28. The van der Waals surface area contributed by atoms with E-state index in [1.807, 2.05) is 24.3 Å². The van der Waals surface area contributed by atoms with Crippen molar-refractivity contribution in [2.45, 2.75) is 43.0 Å². The quantitative estimate of drug-likeness (QED) is 0.680. The van der Waals surface area contributed by atoms with E-state index in [-0.39, 0.29) is 0 Å². The second-order valence-electron chi connectivity index (χ2n) is 5.18. The predicted molar refractivity (Wildman–Crippen MR) is 76.8 cm³/mol. The first-order valence-corrected chi connectivity index (χ1v) is 7.98. The Balaban J connectivity index is 1.77. The summed E-state index contributed by atoms with van der Waals surface area (Å²) in [6.07, 6.45) is 6.89. The molecule has 0 saturated heterocycles. The summed E-state index contributed by atoms with van der Waals surface area (Å²) in [6, 6.07) is 8.15. The van der Waals surface area contributed by atoms with Gasteiger partial charge in [0.2, 0.25) is 0 Å². The van der Waals surface area contributed by atoms with Gasteiger partial charge in [0.05, 0.1) is 4.47 Å². The van der Waals surface area contributed by atoms with Gasteiger partial charge in [-0.3, -0.25) is 0 Å². The van der Waals surface area contributed by atoms with Gasteiger partial charge >= 0.3 is 0 Å². The third-order valence-corrected chi connectivity index (χ3v) is 6.27. The molecule has 3 heteroatoms. The molecule has 1 aromatic rings. The molecule has 2 fully saturated rings. The average Bonchev–Trinajstić information content (AvgIpc) is 2.83. The van der Waals surface area contributed by atoms with Gasteiger partial charge in [-0.25, -0.2) is 0 Å². The second-order valence-corrected chi connectivity index (χ2v) is 7.14. The molecule has 0 heterocycles. The van der Waals surface area contributed by atoms with Crippen molar-refractivity contribution in [3.05, 3.63) is 28.7 Å². The van der Waals surface area contributed by atoms with Crippen LogP contribution in [0, 0.1) is 5.41 Å². The number of alkyl halides is 1. The molecule has 0 radical (unpaired) electrons. The summed E-state index contributed by atoms with van der Waals surface area (Å²) in [5.74, 6) is 0.989. The van der Waals surface area contributed by atoms with Crippen molar-refractivity contribution in [1.82, 2.24) is 0 Å². The van der Waals surface area contributed by atoms with Crippen LogP contribution in [0.4, 0.5) is 0 Å². The molecule has 2 saturated carbocycles. The fourth-order valence-electron chi connectivity index (χ4n) is 3.23. The van der Waals surface area contributed by atoms with Crippen LogP contribution in [0.3, 0.4) is 0 Å². The Labute approximate surface area is 119 Å². The highest BCUT2D eigenvalue weighted by atomic mass is 79.9. The van der Waals surface area contributed by atoms with Gasteiger partial charge in [-0.15, -0.1) is 0 Å². The Morgan fingerprint density at radius 1 is 1.18 bits per heavy atom. The van der Waals surface area contributed by atoms with Gasteiger partial charge in [0, 0.05) is 10.2 Å². The van der Waals surface area contributed by atoms with Crippen LogP contribution in [0.1, 0.15) is 32.1 Å².